The van der Waals surface area contributed by atoms with Crippen LogP contribution in [-0.4, -0.2) is 26.1 Å². The minimum absolute atomic E-state index is 0.0527. The summed E-state index contributed by atoms with van der Waals surface area (Å²) in [4.78, 5) is 11.4. The molecular weight excluding hydrogens is 204 g/mol. The Hall–Kier alpha value is -1.45. The van der Waals surface area contributed by atoms with Gasteiger partial charge < -0.3 is 9.47 Å². The Morgan fingerprint density at radius 1 is 1.25 bits per heavy atom. The van der Waals surface area contributed by atoms with Gasteiger partial charge in [-0.25, -0.2) is 0 Å². The van der Waals surface area contributed by atoms with Crippen LogP contribution >= 0.6 is 0 Å². The van der Waals surface area contributed by atoms with Crippen molar-refractivity contribution in [1.29, 1.82) is 0 Å². The van der Waals surface area contributed by atoms with Crippen molar-refractivity contribution in [2.24, 2.45) is 0 Å². The van der Waals surface area contributed by atoms with Crippen LogP contribution in [0.4, 0.5) is 0 Å². The molecule has 1 aromatic carbocycles. The first kappa shape index (κ1) is 12.6. The molecule has 0 spiro atoms. The summed E-state index contributed by atoms with van der Waals surface area (Å²) in [6.07, 6.45) is 0. The topological polar surface area (TPSA) is 35.5 Å². The van der Waals surface area contributed by atoms with Gasteiger partial charge in [0.05, 0.1) is 13.2 Å². The molecule has 0 heterocycles. The van der Waals surface area contributed by atoms with Gasteiger partial charge in [0, 0.05) is 12.7 Å². The highest BCUT2D eigenvalue weighted by atomic mass is 16.5. The van der Waals surface area contributed by atoms with Gasteiger partial charge in [-0.05, 0) is 5.56 Å². The lowest BCUT2D eigenvalue weighted by molar-refractivity contribution is -0.120. The van der Waals surface area contributed by atoms with Gasteiger partial charge in [0.15, 0.2) is 5.78 Å². The maximum atomic E-state index is 11.4. The van der Waals surface area contributed by atoms with Gasteiger partial charge in [0.1, 0.15) is 6.61 Å². The van der Waals surface area contributed by atoms with E-state index in [2.05, 4.69) is 6.58 Å². The molecule has 0 N–H and O–H groups in total. The normalized spacial score (nSPS) is 10.1. The largest absolute Gasteiger partial charge is 0.380 e. The van der Waals surface area contributed by atoms with E-state index in [0.717, 1.165) is 5.56 Å². The van der Waals surface area contributed by atoms with Crippen molar-refractivity contribution in [2.45, 2.75) is 6.61 Å². The van der Waals surface area contributed by atoms with E-state index in [1.165, 1.54) is 7.11 Å². The maximum Gasteiger partial charge on any atom is 0.186 e. The van der Waals surface area contributed by atoms with Crippen molar-refractivity contribution in [3.8, 4) is 0 Å². The van der Waals surface area contributed by atoms with Gasteiger partial charge in [-0.1, -0.05) is 36.9 Å². The van der Waals surface area contributed by atoms with E-state index in [9.17, 15) is 4.79 Å². The molecule has 3 nitrogen and oxygen atoms in total. The highest BCUT2D eigenvalue weighted by molar-refractivity contribution is 5.95. The molecule has 86 valence electrons. The van der Waals surface area contributed by atoms with E-state index in [1.54, 1.807) is 0 Å². The standard InChI is InChI=1S/C13H16O3/c1-11(8-15-2)13(14)10-16-9-12-6-4-3-5-7-12/h3-7H,1,8-10H2,2H3. The predicted molar refractivity (Wildman–Crippen MR) is 62.1 cm³/mol. The highest BCUT2D eigenvalue weighted by Gasteiger charge is 2.06. The van der Waals surface area contributed by atoms with Crippen LogP contribution in [-0.2, 0) is 20.9 Å². The third-order valence-corrected chi connectivity index (χ3v) is 2.06. The van der Waals surface area contributed by atoms with Gasteiger partial charge in [-0.3, -0.25) is 4.79 Å². The van der Waals surface area contributed by atoms with Crippen molar-refractivity contribution in [3.05, 3.63) is 48.0 Å². The van der Waals surface area contributed by atoms with Crippen molar-refractivity contribution >= 4 is 5.78 Å². The number of benzene rings is 1. The number of carbonyl (C=O) groups excluding carboxylic acids is 1. The van der Waals surface area contributed by atoms with Gasteiger partial charge in [0.2, 0.25) is 0 Å². The molecule has 0 saturated heterocycles. The summed E-state index contributed by atoms with van der Waals surface area (Å²) < 4.78 is 10.1. The van der Waals surface area contributed by atoms with Crippen LogP contribution in [0.1, 0.15) is 5.56 Å². The minimum atomic E-state index is -0.113. The van der Waals surface area contributed by atoms with E-state index in [4.69, 9.17) is 9.47 Å². The first-order valence-corrected chi connectivity index (χ1v) is 5.05. The molecule has 0 bridgehead atoms. The Morgan fingerprint density at radius 2 is 1.94 bits per heavy atom. The van der Waals surface area contributed by atoms with Crippen LogP contribution in [0.15, 0.2) is 42.5 Å². The van der Waals surface area contributed by atoms with E-state index in [0.29, 0.717) is 12.2 Å². The fourth-order valence-electron chi connectivity index (χ4n) is 1.19. The minimum Gasteiger partial charge on any atom is -0.380 e. The molecule has 3 heteroatoms. The lowest BCUT2D eigenvalue weighted by Gasteiger charge is -2.05. The molecule has 0 radical (unpaired) electrons. The van der Waals surface area contributed by atoms with Crippen molar-refractivity contribution in [1.82, 2.24) is 0 Å². The third-order valence-electron chi connectivity index (χ3n) is 2.06. The zero-order valence-corrected chi connectivity index (χ0v) is 9.44. The summed E-state index contributed by atoms with van der Waals surface area (Å²) in [7, 11) is 1.53. The van der Waals surface area contributed by atoms with Gasteiger partial charge in [0.25, 0.3) is 0 Å². The fraction of sp³-hybridized carbons (Fsp3) is 0.308. The van der Waals surface area contributed by atoms with Crippen LogP contribution in [0.3, 0.4) is 0 Å². The summed E-state index contributed by atoms with van der Waals surface area (Å²) in [5.74, 6) is -0.113. The average molecular weight is 220 g/mol. The van der Waals surface area contributed by atoms with E-state index in [1.807, 2.05) is 30.3 Å². The number of rotatable bonds is 7. The third kappa shape index (κ3) is 4.38. The Labute approximate surface area is 95.7 Å². The second kappa shape index (κ2) is 6.93. The molecular formula is C13H16O3. The summed E-state index contributed by atoms with van der Waals surface area (Å²) in [6, 6.07) is 9.72. The number of carbonyl (C=O) groups is 1. The number of ether oxygens (including phenoxy) is 2. The first-order valence-electron chi connectivity index (χ1n) is 5.05. The zero-order chi connectivity index (χ0) is 11.8. The van der Waals surface area contributed by atoms with E-state index < -0.39 is 0 Å². The SMILES string of the molecule is C=C(COC)C(=O)COCc1ccccc1. The smallest absolute Gasteiger partial charge is 0.186 e. The number of ketones is 1. The van der Waals surface area contributed by atoms with Crippen LogP contribution < -0.4 is 0 Å². The maximum absolute atomic E-state index is 11.4. The van der Waals surface area contributed by atoms with Crippen LogP contribution in [0.25, 0.3) is 0 Å². The number of hydrogen-bond donors (Lipinski definition) is 0. The molecule has 0 atom stereocenters. The second-order valence-corrected chi connectivity index (χ2v) is 3.44. The molecule has 0 amide bonds. The van der Waals surface area contributed by atoms with E-state index >= 15 is 0 Å². The van der Waals surface area contributed by atoms with Gasteiger partial charge in [-0.2, -0.15) is 0 Å². The molecule has 0 saturated carbocycles. The average Bonchev–Trinajstić information content (AvgIpc) is 2.30. The first-order chi connectivity index (χ1) is 7.74. The Bertz CT molecular complexity index is 343. The monoisotopic (exact) mass is 220 g/mol. The summed E-state index contributed by atoms with van der Waals surface area (Å²) >= 11 is 0. The molecule has 1 rings (SSSR count). The molecule has 16 heavy (non-hydrogen) atoms. The quantitative estimate of drug-likeness (QED) is 0.659. The lowest BCUT2D eigenvalue weighted by atomic mass is 10.2. The summed E-state index contributed by atoms with van der Waals surface area (Å²) in [6.45, 7) is 4.36. The zero-order valence-electron chi connectivity index (χ0n) is 9.44. The molecule has 0 aliphatic heterocycles. The van der Waals surface area contributed by atoms with Crippen molar-refractivity contribution in [2.75, 3.05) is 20.3 Å². The molecule has 0 unspecified atom stereocenters. The molecule has 1 aromatic rings. The fourth-order valence-corrected chi connectivity index (χ4v) is 1.19. The Balaban J connectivity index is 2.26. The number of Topliss-reactive ketones (excluding diaryl/α,β-unsaturated/α-hetero) is 1. The predicted octanol–water partition coefficient (Wildman–Crippen LogP) is 1.97. The second-order valence-electron chi connectivity index (χ2n) is 3.44. The molecule has 0 aliphatic rings. The van der Waals surface area contributed by atoms with Crippen LogP contribution in [0.5, 0.6) is 0 Å². The van der Waals surface area contributed by atoms with Crippen molar-refractivity contribution < 1.29 is 14.3 Å². The number of hydrogen-bond acceptors (Lipinski definition) is 3. The summed E-state index contributed by atoms with van der Waals surface area (Å²) in [5.41, 5.74) is 1.49. The Kier molecular flexibility index (Phi) is 5.46. The lowest BCUT2D eigenvalue weighted by Crippen LogP contribution is -2.13. The van der Waals surface area contributed by atoms with Crippen LogP contribution in [0, 0.1) is 0 Å². The molecule has 0 aromatic heterocycles. The van der Waals surface area contributed by atoms with E-state index in [-0.39, 0.29) is 19.0 Å². The van der Waals surface area contributed by atoms with Gasteiger partial charge in [-0.15, -0.1) is 0 Å². The summed E-state index contributed by atoms with van der Waals surface area (Å²) in [5, 5.41) is 0. The van der Waals surface area contributed by atoms with Crippen molar-refractivity contribution in [3.63, 3.8) is 0 Å². The number of methoxy groups -OCH3 is 1. The highest BCUT2D eigenvalue weighted by Crippen LogP contribution is 2.01. The van der Waals surface area contributed by atoms with Gasteiger partial charge >= 0.3 is 0 Å². The molecule has 0 fully saturated rings. The Morgan fingerprint density at radius 3 is 2.56 bits per heavy atom. The molecule has 0 aliphatic carbocycles. The van der Waals surface area contributed by atoms with Crippen LogP contribution in [0.2, 0.25) is 0 Å².